The van der Waals surface area contributed by atoms with Crippen molar-refractivity contribution in [3.05, 3.63) is 53.6 Å². The molecule has 6 nitrogen and oxygen atoms in total. The Labute approximate surface area is 151 Å². The van der Waals surface area contributed by atoms with E-state index in [0.717, 1.165) is 0 Å². The molecule has 132 valence electrons. The monoisotopic (exact) mass is 380 g/mol. The number of rotatable bonds is 5. The van der Waals surface area contributed by atoms with Crippen LogP contribution < -0.4 is 14.4 Å². The minimum absolute atomic E-state index is 0.00928. The number of hydrogen-bond donors (Lipinski definition) is 1. The summed E-state index contributed by atoms with van der Waals surface area (Å²) in [6, 6.07) is 13.4. The molecular weight excluding hydrogens is 364 g/mol. The molecule has 25 heavy (non-hydrogen) atoms. The maximum atomic E-state index is 12.4. The van der Waals surface area contributed by atoms with Crippen LogP contribution in [0.25, 0.3) is 0 Å². The highest BCUT2D eigenvalue weighted by Gasteiger charge is 2.32. The van der Waals surface area contributed by atoms with E-state index in [2.05, 4.69) is 4.72 Å². The number of halogens is 1. The molecular formula is C17H17ClN2O4S. The molecule has 0 bridgehead atoms. The van der Waals surface area contributed by atoms with Gasteiger partial charge in [-0.15, -0.1) is 0 Å². The standard InChI is InChI=1S/C17H17ClN2O4S/c1-20-13-7-3-4-8-14(13)24-15(17(20)21)10-11-19-25(22,23)16-9-5-2-6-12(16)18/h2-9,15,19H,10-11H2,1H3. The second kappa shape index (κ2) is 7.03. The van der Waals surface area contributed by atoms with E-state index >= 15 is 0 Å². The lowest BCUT2D eigenvalue weighted by Gasteiger charge is -2.31. The van der Waals surface area contributed by atoms with Crippen LogP contribution in [0.15, 0.2) is 53.4 Å². The number of carbonyl (C=O) groups is 1. The number of benzene rings is 2. The van der Waals surface area contributed by atoms with Gasteiger partial charge in [0.15, 0.2) is 6.10 Å². The second-order valence-electron chi connectivity index (χ2n) is 5.59. The molecule has 2 aromatic rings. The lowest BCUT2D eigenvalue weighted by molar-refractivity contribution is -0.126. The van der Waals surface area contributed by atoms with Gasteiger partial charge in [-0.2, -0.15) is 0 Å². The Balaban J connectivity index is 1.67. The van der Waals surface area contributed by atoms with Crippen LogP contribution in [-0.4, -0.2) is 34.0 Å². The number of nitrogens with zero attached hydrogens (tertiary/aromatic N) is 1. The van der Waals surface area contributed by atoms with E-state index in [1.165, 1.54) is 17.0 Å². The molecule has 1 N–H and O–H groups in total. The van der Waals surface area contributed by atoms with Crippen LogP contribution in [0.5, 0.6) is 5.75 Å². The summed E-state index contributed by atoms with van der Waals surface area (Å²) in [4.78, 5) is 13.9. The number of sulfonamides is 1. The molecule has 1 unspecified atom stereocenters. The lowest BCUT2D eigenvalue weighted by atomic mass is 10.1. The first-order valence-corrected chi connectivity index (χ1v) is 9.54. The number of anilines is 1. The van der Waals surface area contributed by atoms with Crippen molar-refractivity contribution in [1.29, 1.82) is 0 Å². The highest BCUT2D eigenvalue weighted by Crippen LogP contribution is 2.33. The normalized spacial score (nSPS) is 17.1. The fourth-order valence-electron chi connectivity index (χ4n) is 2.62. The van der Waals surface area contributed by atoms with Crippen molar-refractivity contribution in [1.82, 2.24) is 4.72 Å². The first-order valence-electron chi connectivity index (χ1n) is 7.67. The first kappa shape index (κ1) is 17.7. The summed E-state index contributed by atoms with van der Waals surface area (Å²) in [5, 5.41) is 0.147. The molecule has 0 saturated heterocycles. The third-order valence-corrected chi connectivity index (χ3v) is 5.89. The van der Waals surface area contributed by atoms with Gasteiger partial charge >= 0.3 is 0 Å². The van der Waals surface area contributed by atoms with Gasteiger partial charge in [-0.25, -0.2) is 13.1 Å². The number of nitrogens with one attached hydrogen (secondary N) is 1. The van der Waals surface area contributed by atoms with Crippen LogP contribution in [0.2, 0.25) is 5.02 Å². The first-order chi connectivity index (χ1) is 11.9. The maximum absolute atomic E-state index is 12.4. The topological polar surface area (TPSA) is 75.7 Å². The predicted molar refractivity (Wildman–Crippen MR) is 95.5 cm³/mol. The molecule has 1 aliphatic heterocycles. The summed E-state index contributed by atoms with van der Waals surface area (Å²) < 4.78 is 32.8. The Morgan fingerprint density at radius 2 is 1.84 bits per heavy atom. The molecule has 3 rings (SSSR count). The van der Waals surface area contributed by atoms with Crippen molar-refractivity contribution in [2.75, 3.05) is 18.5 Å². The highest BCUT2D eigenvalue weighted by molar-refractivity contribution is 7.89. The van der Waals surface area contributed by atoms with E-state index in [1.807, 2.05) is 12.1 Å². The van der Waals surface area contributed by atoms with Crippen molar-refractivity contribution >= 4 is 33.2 Å². The Morgan fingerprint density at radius 1 is 1.16 bits per heavy atom. The zero-order chi connectivity index (χ0) is 18.0. The molecule has 1 aliphatic rings. The summed E-state index contributed by atoms with van der Waals surface area (Å²) in [6.45, 7) is 0.0555. The average molecular weight is 381 g/mol. The van der Waals surface area contributed by atoms with Crippen LogP contribution in [-0.2, 0) is 14.8 Å². The van der Waals surface area contributed by atoms with Crippen LogP contribution >= 0.6 is 11.6 Å². The van der Waals surface area contributed by atoms with E-state index in [1.54, 1.807) is 31.3 Å². The van der Waals surface area contributed by atoms with Crippen LogP contribution in [0.1, 0.15) is 6.42 Å². The van der Waals surface area contributed by atoms with Gasteiger partial charge in [0.2, 0.25) is 10.0 Å². The summed E-state index contributed by atoms with van der Waals surface area (Å²) in [6.07, 6.45) is -0.532. The number of amides is 1. The molecule has 0 saturated carbocycles. The summed E-state index contributed by atoms with van der Waals surface area (Å²) >= 11 is 5.93. The predicted octanol–water partition coefficient (Wildman–Crippen LogP) is 2.43. The molecule has 0 fully saturated rings. The molecule has 1 heterocycles. The number of para-hydroxylation sites is 2. The Hall–Kier alpha value is -2.09. The minimum Gasteiger partial charge on any atom is -0.478 e. The fourth-order valence-corrected chi connectivity index (χ4v) is 4.18. The second-order valence-corrected chi connectivity index (χ2v) is 7.73. The number of likely N-dealkylation sites (N-methyl/N-ethyl adjacent to an activating group) is 1. The fraction of sp³-hybridized carbons (Fsp3) is 0.235. The molecule has 0 aromatic heterocycles. The lowest BCUT2D eigenvalue weighted by Crippen LogP contribution is -2.45. The van der Waals surface area contributed by atoms with Gasteiger partial charge in [-0.05, 0) is 24.3 Å². The molecule has 1 atom stereocenters. The minimum atomic E-state index is -3.75. The summed E-state index contributed by atoms with van der Waals surface area (Å²) in [5.41, 5.74) is 0.695. The molecule has 1 amide bonds. The van der Waals surface area contributed by atoms with Gasteiger partial charge in [0, 0.05) is 20.0 Å². The number of hydrogen-bond acceptors (Lipinski definition) is 4. The maximum Gasteiger partial charge on any atom is 0.267 e. The Kier molecular flexibility index (Phi) is 4.99. The van der Waals surface area contributed by atoms with Crippen molar-refractivity contribution < 1.29 is 17.9 Å². The van der Waals surface area contributed by atoms with Crippen molar-refractivity contribution in [3.63, 3.8) is 0 Å². The van der Waals surface area contributed by atoms with Gasteiger partial charge < -0.3 is 9.64 Å². The van der Waals surface area contributed by atoms with Gasteiger partial charge in [0.1, 0.15) is 10.6 Å². The van der Waals surface area contributed by atoms with Crippen molar-refractivity contribution in [2.45, 2.75) is 17.4 Å². The molecule has 2 aromatic carbocycles. The van der Waals surface area contributed by atoms with Crippen LogP contribution in [0.3, 0.4) is 0 Å². The van der Waals surface area contributed by atoms with Gasteiger partial charge in [-0.1, -0.05) is 35.9 Å². The molecule has 0 radical (unpaired) electrons. The van der Waals surface area contributed by atoms with E-state index in [-0.39, 0.29) is 28.8 Å². The smallest absolute Gasteiger partial charge is 0.267 e. The van der Waals surface area contributed by atoms with E-state index in [0.29, 0.717) is 11.4 Å². The van der Waals surface area contributed by atoms with Crippen LogP contribution in [0.4, 0.5) is 5.69 Å². The van der Waals surface area contributed by atoms with Gasteiger partial charge in [0.25, 0.3) is 5.91 Å². The van der Waals surface area contributed by atoms with E-state index in [4.69, 9.17) is 16.3 Å². The van der Waals surface area contributed by atoms with E-state index in [9.17, 15) is 13.2 Å². The number of carbonyl (C=O) groups excluding carboxylic acids is 1. The highest BCUT2D eigenvalue weighted by atomic mass is 35.5. The molecule has 0 spiro atoms. The Morgan fingerprint density at radius 3 is 2.60 bits per heavy atom. The SMILES string of the molecule is CN1C(=O)C(CCNS(=O)(=O)c2ccccc2Cl)Oc2ccccc21. The van der Waals surface area contributed by atoms with E-state index < -0.39 is 16.1 Å². The van der Waals surface area contributed by atoms with Crippen molar-refractivity contribution in [2.24, 2.45) is 0 Å². The summed E-state index contributed by atoms with van der Waals surface area (Å²) in [7, 11) is -2.07. The number of ether oxygens (including phenoxy) is 1. The quantitative estimate of drug-likeness (QED) is 0.864. The summed E-state index contributed by atoms with van der Waals surface area (Å²) in [5.74, 6) is 0.388. The number of fused-ring (bicyclic) bond motifs is 1. The average Bonchev–Trinajstić information content (AvgIpc) is 2.59. The zero-order valence-electron chi connectivity index (χ0n) is 13.5. The molecule has 8 heteroatoms. The molecule has 0 aliphatic carbocycles. The van der Waals surface area contributed by atoms with Gasteiger partial charge in [-0.3, -0.25) is 4.79 Å². The van der Waals surface area contributed by atoms with Crippen molar-refractivity contribution in [3.8, 4) is 5.75 Å². The van der Waals surface area contributed by atoms with Gasteiger partial charge in [0.05, 0.1) is 10.7 Å². The zero-order valence-corrected chi connectivity index (χ0v) is 15.0. The third-order valence-electron chi connectivity index (χ3n) is 3.93. The Bertz CT molecular complexity index is 901. The van der Waals surface area contributed by atoms with Crippen LogP contribution in [0, 0.1) is 0 Å². The third kappa shape index (κ3) is 3.63. The largest absolute Gasteiger partial charge is 0.478 e.